The van der Waals surface area contributed by atoms with E-state index in [1.54, 1.807) is 14.2 Å². The summed E-state index contributed by atoms with van der Waals surface area (Å²) < 4.78 is 10.1. The van der Waals surface area contributed by atoms with Gasteiger partial charge in [0, 0.05) is 20.2 Å². The van der Waals surface area contributed by atoms with Crippen molar-refractivity contribution in [3.05, 3.63) is 29.8 Å². The average molecular weight is 320 g/mol. The first-order valence-corrected chi connectivity index (χ1v) is 8.30. The third-order valence-electron chi connectivity index (χ3n) is 4.59. The monoisotopic (exact) mass is 320 g/mol. The summed E-state index contributed by atoms with van der Waals surface area (Å²) in [4.78, 5) is 14.0. The first-order chi connectivity index (χ1) is 11.1. The topological polar surface area (TPSA) is 64.8 Å². The van der Waals surface area contributed by atoms with Gasteiger partial charge < -0.3 is 20.1 Å². The Morgan fingerprint density at radius 2 is 1.91 bits per heavy atom. The van der Waals surface area contributed by atoms with Crippen LogP contribution < -0.4 is 10.5 Å². The largest absolute Gasteiger partial charge is 0.497 e. The molecule has 128 valence electrons. The maximum absolute atomic E-state index is 12.1. The van der Waals surface area contributed by atoms with Crippen LogP contribution in [0.1, 0.15) is 24.8 Å². The summed E-state index contributed by atoms with van der Waals surface area (Å²) in [6.07, 6.45) is 4.35. The molecule has 1 aliphatic rings. The number of rotatable bonds is 7. The fourth-order valence-corrected chi connectivity index (χ4v) is 3.09. The minimum Gasteiger partial charge on any atom is -0.497 e. The van der Waals surface area contributed by atoms with E-state index in [-0.39, 0.29) is 12.5 Å². The van der Waals surface area contributed by atoms with Crippen LogP contribution in [0.3, 0.4) is 0 Å². The van der Waals surface area contributed by atoms with Crippen LogP contribution >= 0.6 is 0 Å². The molecular formula is C18H28N2O3. The second-order valence-electron chi connectivity index (χ2n) is 6.22. The number of amides is 1. The van der Waals surface area contributed by atoms with Gasteiger partial charge in [0.1, 0.15) is 11.8 Å². The number of aryl methyl sites for hydroxylation is 1. The molecule has 1 aromatic rings. The van der Waals surface area contributed by atoms with Gasteiger partial charge in [0.25, 0.3) is 0 Å². The van der Waals surface area contributed by atoms with E-state index < -0.39 is 6.04 Å². The molecule has 0 aromatic heterocycles. The van der Waals surface area contributed by atoms with Crippen LogP contribution in [0.4, 0.5) is 0 Å². The zero-order valence-electron chi connectivity index (χ0n) is 14.2. The second kappa shape index (κ2) is 8.89. The lowest BCUT2D eigenvalue weighted by Crippen LogP contribution is -2.48. The molecule has 1 atom stereocenters. The number of piperidine rings is 1. The quantitative estimate of drug-likeness (QED) is 0.832. The average Bonchev–Trinajstić information content (AvgIpc) is 2.60. The summed E-state index contributed by atoms with van der Waals surface area (Å²) in [7, 11) is 3.25. The van der Waals surface area contributed by atoms with Crippen LogP contribution in [0.25, 0.3) is 0 Å². The molecule has 1 unspecified atom stereocenters. The van der Waals surface area contributed by atoms with Crippen molar-refractivity contribution in [2.24, 2.45) is 11.7 Å². The molecule has 1 saturated heterocycles. The molecule has 1 aromatic carbocycles. The van der Waals surface area contributed by atoms with Gasteiger partial charge in [-0.2, -0.15) is 0 Å². The first-order valence-electron chi connectivity index (χ1n) is 8.30. The number of hydrogen-bond donors (Lipinski definition) is 1. The Labute approximate surface area is 138 Å². The molecule has 2 rings (SSSR count). The summed E-state index contributed by atoms with van der Waals surface area (Å²) in [5.41, 5.74) is 7.16. The fourth-order valence-electron chi connectivity index (χ4n) is 3.09. The molecular weight excluding hydrogens is 292 g/mol. The van der Waals surface area contributed by atoms with Crippen LogP contribution in [0.2, 0.25) is 0 Å². The van der Waals surface area contributed by atoms with Crippen molar-refractivity contribution in [2.75, 3.05) is 33.9 Å². The Hall–Kier alpha value is -1.59. The number of carbonyl (C=O) groups excluding carboxylic acids is 1. The molecule has 1 amide bonds. The van der Waals surface area contributed by atoms with E-state index >= 15 is 0 Å². The minimum atomic E-state index is -0.532. The van der Waals surface area contributed by atoms with Gasteiger partial charge >= 0.3 is 0 Å². The van der Waals surface area contributed by atoms with E-state index in [2.05, 4.69) is 12.1 Å². The van der Waals surface area contributed by atoms with E-state index in [9.17, 15) is 4.79 Å². The van der Waals surface area contributed by atoms with Gasteiger partial charge in [-0.3, -0.25) is 4.79 Å². The number of nitrogens with zero attached hydrogens (tertiary/aromatic N) is 1. The lowest BCUT2D eigenvalue weighted by Gasteiger charge is -2.33. The number of nitrogens with two attached hydrogens (primary N) is 1. The third-order valence-corrected chi connectivity index (χ3v) is 4.59. The van der Waals surface area contributed by atoms with Crippen molar-refractivity contribution in [1.29, 1.82) is 0 Å². The van der Waals surface area contributed by atoms with Crippen molar-refractivity contribution < 1.29 is 14.3 Å². The Balaban J connectivity index is 1.73. The number of carbonyl (C=O) groups is 1. The maximum atomic E-state index is 12.1. The summed E-state index contributed by atoms with van der Waals surface area (Å²) in [5.74, 6) is 1.59. The highest BCUT2D eigenvalue weighted by Gasteiger charge is 2.26. The molecule has 1 aliphatic heterocycles. The van der Waals surface area contributed by atoms with E-state index in [1.807, 2.05) is 17.0 Å². The SMILES string of the molecule is COCC(N)C(=O)N1CCC(CCc2ccc(OC)cc2)CC1. The smallest absolute Gasteiger partial charge is 0.241 e. The lowest BCUT2D eigenvalue weighted by molar-refractivity contribution is -0.135. The molecule has 1 fully saturated rings. The van der Waals surface area contributed by atoms with Gasteiger partial charge in [0.15, 0.2) is 0 Å². The third kappa shape index (κ3) is 5.22. The highest BCUT2D eigenvalue weighted by Crippen LogP contribution is 2.23. The fraction of sp³-hybridized carbons (Fsp3) is 0.611. The van der Waals surface area contributed by atoms with Crippen molar-refractivity contribution >= 4 is 5.91 Å². The number of benzene rings is 1. The van der Waals surface area contributed by atoms with Gasteiger partial charge in [0.2, 0.25) is 5.91 Å². The molecule has 5 heteroatoms. The number of ether oxygens (including phenoxy) is 2. The van der Waals surface area contributed by atoms with Crippen LogP contribution in [-0.2, 0) is 16.0 Å². The highest BCUT2D eigenvalue weighted by molar-refractivity contribution is 5.81. The molecule has 5 nitrogen and oxygen atoms in total. The summed E-state index contributed by atoms with van der Waals surface area (Å²) in [6.45, 7) is 1.91. The van der Waals surface area contributed by atoms with E-state index in [0.717, 1.165) is 38.1 Å². The van der Waals surface area contributed by atoms with Gasteiger partial charge in [-0.1, -0.05) is 12.1 Å². The zero-order chi connectivity index (χ0) is 16.7. The van der Waals surface area contributed by atoms with Gasteiger partial charge in [0.05, 0.1) is 13.7 Å². The molecule has 2 N–H and O–H groups in total. The second-order valence-corrected chi connectivity index (χ2v) is 6.22. The minimum absolute atomic E-state index is 0.0143. The van der Waals surface area contributed by atoms with Crippen LogP contribution in [0, 0.1) is 5.92 Å². The van der Waals surface area contributed by atoms with Crippen LogP contribution in [-0.4, -0.2) is 50.8 Å². The molecule has 0 spiro atoms. The normalized spacial score (nSPS) is 17.1. The number of methoxy groups -OCH3 is 2. The number of hydrogen-bond acceptors (Lipinski definition) is 4. The molecule has 0 bridgehead atoms. The summed E-state index contributed by atoms with van der Waals surface area (Å²) in [5, 5.41) is 0. The van der Waals surface area contributed by atoms with Gasteiger partial charge in [-0.25, -0.2) is 0 Å². The Kier molecular flexibility index (Phi) is 6.86. The van der Waals surface area contributed by atoms with Crippen LogP contribution in [0.15, 0.2) is 24.3 Å². The van der Waals surface area contributed by atoms with E-state index in [4.69, 9.17) is 15.2 Å². The maximum Gasteiger partial charge on any atom is 0.241 e. The van der Waals surface area contributed by atoms with Crippen molar-refractivity contribution in [2.45, 2.75) is 31.7 Å². The van der Waals surface area contributed by atoms with Gasteiger partial charge in [-0.05, 0) is 49.3 Å². The van der Waals surface area contributed by atoms with E-state index in [1.165, 1.54) is 12.0 Å². The molecule has 0 radical (unpaired) electrons. The van der Waals surface area contributed by atoms with Crippen LogP contribution in [0.5, 0.6) is 5.75 Å². The van der Waals surface area contributed by atoms with Gasteiger partial charge in [-0.15, -0.1) is 0 Å². The van der Waals surface area contributed by atoms with Crippen molar-refractivity contribution in [3.8, 4) is 5.75 Å². The molecule has 23 heavy (non-hydrogen) atoms. The standard InChI is InChI=1S/C18H28N2O3/c1-22-13-17(19)18(21)20-11-9-15(10-12-20)4-3-14-5-7-16(23-2)8-6-14/h5-8,15,17H,3-4,9-13,19H2,1-2H3. The Morgan fingerprint density at radius 1 is 1.26 bits per heavy atom. The summed E-state index contributed by atoms with van der Waals surface area (Å²) >= 11 is 0. The lowest BCUT2D eigenvalue weighted by atomic mass is 9.90. The molecule has 0 aliphatic carbocycles. The number of likely N-dealkylation sites (tertiary alicyclic amines) is 1. The predicted octanol–water partition coefficient (Wildman–Crippen LogP) is 1.84. The predicted molar refractivity (Wildman–Crippen MR) is 90.5 cm³/mol. The Bertz CT molecular complexity index is 482. The molecule has 0 saturated carbocycles. The summed E-state index contributed by atoms with van der Waals surface area (Å²) in [6, 6.07) is 7.74. The molecule has 1 heterocycles. The van der Waals surface area contributed by atoms with Crippen molar-refractivity contribution in [1.82, 2.24) is 4.90 Å². The zero-order valence-corrected chi connectivity index (χ0v) is 14.2. The van der Waals surface area contributed by atoms with Crippen molar-refractivity contribution in [3.63, 3.8) is 0 Å². The van der Waals surface area contributed by atoms with E-state index in [0.29, 0.717) is 5.92 Å². The highest BCUT2D eigenvalue weighted by atomic mass is 16.5. The first kappa shape index (κ1) is 17.8. The Morgan fingerprint density at radius 3 is 2.48 bits per heavy atom.